The zero-order chi connectivity index (χ0) is 21.4. The molecule has 0 saturated carbocycles. The van der Waals surface area contributed by atoms with E-state index in [1.165, 1.54) is 24.4 Å². The maximum absolute atomic E-state index is 12.5. The molecule has 1 atom stereocenters. The number of urea groups is 1. The van der Waals surface area contributed by atoms with E-state index >= 15 is 0 Å². The zero-order valence-electron chi connectivity index (χ0n) is 16.3. The van der Waals surface area contributed by atoms with Gasteiger partial charge in [0.1, 0.15) is 0 Å². The van der Waals surface area contributed by atoms with Crippen molar-refractivity contribution in [3.8, 4) is 0 Å². The van der Waals surface area contributed by atoms with Gasteiger partial charge in [-0.15, -0.1) is 0 Å². The third kappa shape index (κ3) is 6.68. The second-order valence-corrected chi connectivity index (χ2v) is 8.40. The lowest BCUT2D eigenvalue weighted by molar-refractivity contribution is -0.159. The third-order valence-electron chi connectivity index (χ3n) is 4.51. The van der Waals surface area contributed by atoms with Gasteiger partial charge in [0.25, 0.3) is 5.91 Å². The number of hydrogen-bond acceptors (Lipinski definition) is 6. The molecule has 0 bridgehead atoms. The van der Waals surface area contributed by atoms with E-state index in [0.29, 0.717) is 12.8 Å². The van der Waals surface area contributed by atoms with Crippen LogP contribution in [0.15, 0.2) is 35.7 Å². The predicted octanol–water partition coefficient (Wildman–Crippen LogP) is 1.09. The van der Waals surface area contributed by atoms with Crippen LogP contribution in [0, 0.1) is 5.92 Å². The lowest BCUT2D eigenvalue weighted by atomic mass is 9.98. The molecule has 1 aliphatic rings. The second-order valence-electron chi connectivity index (χ2n) is 6.58. The quantitative estimate of drug-likeness (QED) is 0.661. The normalized spacial score (nSPS) is 16.9. The molecule has 1 heterocycles. The highest BCUT2D eigenvalue weighted by Crippen LogP contribution is 2.22. The minimum atomic E-state index is -3.59. The summed E-state index contributed by atoms with van der Waals surface area (Å²) in [6, 6.07) is 8.39. The lowest BCUT2D eigenvalue weighted by Crippen LogP contribution is -2.45. The van der Waals surface area contributed by atoms with Gasteiger partial charge in [-0.2, -0.15) is 4.31 Å². The average molecular weight is 423 g/mol. The number of ether oxygens (including phenoxy) is 1. The molecular weight excluding hydrogens is 398 g/mol. The number of carbonyl (C=O) groups is 3. The van der Waals surface area contributed by atoms with Crippen molar-refractivity contribution < 1.29 is 27.5 Å². The largest absolute Gasteiger partial charge is 0.452 e. The van der Waals surface area contributed by atoms with Gasteiger partial charge >= 0.3 is 12.0 Å². The molecule has 1 aliphatic heterocycles. The van der Waals surface area contributed by atoms with Crippen LogP contribution in [-0.4, -0.2) is 56.9 Å². The van der Waals surface area contributed by atoms with Gasteiger partial charge in [-0.05, 0) is 31.4 Å². The van der Waals surface area contributed by atoms with E-state index in [2.05, 4.69) is 5.32 Å². The van der Waals surface area contributed by atoms with Gasteiger partial charge in [0, 0.05) is 25.5 Å². The van der Waals surface area contributed by atoms with E-state index < -0.39 is 40.0 Å². The van der Waals surface area contributed by atoms with Crippen molar-refractivity contribution >= 4 is 34.0 Å². The topological polar surface area (TPSA) is 122 Å². The van der Waals surface area contributed by atoms with Crippen LogP contribution in [0.25, 0.3) is 6.08 Å². The molecule has 1 aromatic rings. The molecule has 29 heavy (non-hydrogen) atoms. The fourth-order valence-corrected chi connectivity index (χ4v) is 3.98. The second kappa shape index (κ2) is 10.2. The van der Waals surface area contributed by atoms with Crippen molar-refractivity contribution in [2.75, 3.05) is 20.1 Å². The summed E-state index contributed by atoms with van der Waals surface area (Å²) in [5.74, 6) is -1.82. The Morgan fingerprint density at radius 3 is 2.38 bits per heavy atom. The van der Waals surface area contributed by atoms with E-state index in [-0.39, 0.29) is 13.1 Å². The number of esters is 1. The first-order valence-electron chi connectivity index (χ1n) is 9.19. The number of sulfonamides is 1. The Balaban J connectivity index is 1.86. The van der Waals surface area contributed by atoms with Gasteiger partial charge in [-0.1, -0.05) is 30.3 Å². The molecule has 0 spiro atoms. The van der Waals surface area contributed by atoms with Crippen molar-refractivity contribution in [2.24, 2.45) is 5.92 Å². The Morgan fingerprint density at radius 1 is 1.17 bits per heavy atom. The van der Waals surface area contributed by atoms with E-state index in [9.17, 15) is 22.8 Å². The average Bonchev–Trinajstić information content (AvgIpc) is 2.73. The third-order valence-corrected chi connectivity index (χ3v) is 6.07. The molecule has 2 N–H and O–H groups in total. The molecular formula is C19H25N3O6S. The molecule has 3 amide bonds. The number of nitrogens with one attached hydrogen (secondary N) is 2. The van der Waals surface area contributed by atoms with Gasteiger partial charge in [-0.3, -0.25) is 14.9 Å². The van der Waals surface area contributed by atoms with Gasteiger partial charge in [0.2, 0.25) is 10.0 Å². The Kier molecular flexibility index (Phi) is 7.91. The van der Waals surface area contributed by atoms with Gasteiger partial charge in [-0.25, -0.2) is 13.2 Å². The summed E-state index contributed by atoms with van der Waals surface area (Å²) < 4.78 is 31.4. The van der Waals surface area contributed by atoms with Crippen LogP contribution in [0.4, 0.5) is 4.79 Å². The monoisotopic (exact) mass is 423 g/mol. The number of carbonyl (C=O) groups excluding carboxylic acids is 3. The number of imide groups is 1. The van der Waals surface area contributed by atoms with E-state index in [1.54, 1.807) is 12.1 Å². The highest BCUT2D eigenvalue weighted by molar-refractivity contribution is 7.92. The summed E-state index contributed by atoms with van der Waals surface area (Å²) in [5, 5.41) is 5.42. The van der Waals surface area contributed by atoms with E-state index in [4.69, 9.17) is 4.74 Å². The molecule has 0 unspecified atom stereocenters. The standard InChI is InChI=1S/C19H25N3O6S/c1-14(17(23)21-19(25)20-2)28-18(24)16-8-11-22(12-9-16)29(26,27)13-10-15-6-4-3-5-7-15/h3-7,10,13-14,16H,8-9,11-12H2,1-2H3,(H2,20,21,23,25)/b13-10+/t14-/m1/s1. The summed E-state index contributed by atoms with van der Waals surface area (Å²) in [7, 11) is -2.23. The van der Waals surface area contributed by atoms with Crippen LogP contribution in [0.1, 0.15) is 25.3 Å². The van der Waals surface area contributed by atoms with Crippen molar-refractivity contribution in [2.45, 2.75) is 25.9 Å². The fourth-order valence-electron chi connectivity index (χ4n) is 2.76. The molecule has 0 aromatic heterocycles. The van der Waals surface area contributed by atoms with Crippen molar-refractivity contribution in [3.05, 3.63) is 41.3 Å². The molecule has 1 saturated heterocycles. The van der Waals surface area contributed by atoms with Gasteiger partial charge < -0.3 is 10.1 Å². The SMILES string of the molecule is CNC(=O)NC(=O)[C@@H](C)OC(=O)C1CCN(S(=O)(=O)/C=C/c2ccccc2)CC1. The summed E-state index contributed by atoms with van der Waals surface area (Å²) in [5.41, 5.74) is 0.776. The van der Waals surface area contributed by atoms with Crippen LogP contribution in [0.3, 0.4) is 0 Å². The molecule has 0 radical (unpaired) electrons. The summed E-state index contributed by atoms with van der Waals surface area (Å²) in [6.45, 7) is 1.73. The number of benzene rings is 1. The van der Waals surface area contributed by atoms with E-state index in [0.717, 1.165) is 11.0 Å². The lowest BCUT2D eigenvalue weighted by Gasteiger charge is -2.29. The number of piperidine rings is 1. The molecule has 9 nitrogen and oxygen atoms in total. The number of hydrogen-bond donors (Lipinski definition) is 2. The maximum Gasteiger partial charge on any atom is 0.321 e. The Labute approximate surface area is 170 Å². The Morgan fingerprint density at radius 2 is 1.79 bits per heavy atom. The highest BCUT2D eigenvalue weighted by atomic mass is 32.2. The van der Waals surface area contributed by atoms with Crippen molar-refractivity contribution in [3.63, 3.8) is 0 Å². The Bertz CT molecular complexity index is 861. The Hall–Kier alpha value is -2.72. The van der Waals surface area contributed by atoms with Crippen molar-refractivity contribution in [1.29, 1.82) is 0 Å². The summed E-state index contributed by atoms with van der Waals surface area (Å²) >= 11 is 0. The summed E-state index contributed by atoms with van der Waals surface area (Å²) in [6.07, 6.45) is 0.986. The molecule has 158 valence electrons. The molecule has 2 rings (SSSR count). The first kappa shape index (κ1) is 22.6. The van der Waals surface area contributed by atoms with Gasteiger partial charge in [0.05, 0.1) is 5.92 Å². The minimum absolute atomic E-state index is 0.181. The van der Waals surface area contributed by atoms with Crippen LogP contribution in [0.2, 0.25) is 0 Å². The maximum atomic E-state index is 12.5. The smallest absolute Gasteiger partial charge is 0.321 e. The number of amides is 3. The first-order valence-corrected chi connectivity index (χ1v) is 10.7. The molecule has 10 heteroatoms. The van der Waals surface area contributed by atoms with Crippen LogP contribution in [0.5, 0.6) is 0 Å². The number of rotatable bonds is 6. The van der Waals surface area contributed by atoms with E-state index in [1.807, 2.05) is 23.5 Å². The summed E-state index contributed by atoms with van der Waals surface area (Å²) in [4.78, 5) is 35.1. The van der Waals surface area contributed by atoms with Crippen molar-refractivity contribution in [1.82, 2.24) is 14.9 Å². The highest BCUT2D eigenvalue weighted by Gasteiger charge is 2.32. The molecule has 1 aromatic carbocycles. The predicted molar refractivity (Wildman–Crippen MR) is 107 cm³/mol. The number of nitrogens with zero attached hydrogens (tertiary/aromatic N) is 1. The van der Waals surface area contributed by atoms with Crippen LogP contribution in [-0.2, 0) is 24.3 Å². The van der Waals surface area contributed by atoms with Gasteiger partial charge in [0.15, 0.2) is 6.10 Å². The molecule has 0 aliphatic carbocycles. The first-order chi connectivity index (χ1) is 13.7. The fraction of sp³-hybridized carbons (Fsp3) is 0.421. The zero-order valence-corrected chi connectivity index (χ0v) is 17.1. The molecule has 1 fully saturated rings. The minimum Gasteiger partial charge on any atom is -0.452 e. The van der Waals surface area contributed by atoms with Crippen LogP contribution < -0.4 is 10.6 Å². The van der Waals surface area contributed by atoms with Crippen LogP contribution >= 0.6 is 0 Å².